The maximum absolute atomic E-state index is 11.8. The number of rotatable bonds is 7. The van der Waals surface area contributed by atoms with E-state index in [2.05, 4.69) is 5.10 Å². The predicted octanol–water partition coefficient (Wildman–Crippen LogP) is -0.270. The number of nitrogens with two attached hydrogens (primary N) is 1. The minimum Gasteiger partial charge on any atom is -0.458 e. The summed E-state index contributed by atoms with van der Waals surface area (Å²) in [5.74, 6) is -0.519. The van der Waals surface area contributed by atoms with E-state index in [0.717, 1.165) is 0 Å². The Hall–Kier alpha value is -1.60. The van der Waals surface area contributed by atoms with Crippen molar-refractivity contribution in [3.8, 4) is 0 Å². The van der Waals surface area contributed by atoms with Crippen LogP contribution >= 0.6 is 0 Å². The Morgan fingerprint density at radius 1 is 1.44 bits per heavy atom. The standard InChI is InChI=1S/C11H19N3O4/c1-3-8-9(12)10(14(2)13-8)11(16)18-7-6-17-5-4-15/h15H,3-7,12H2,1-2H3. The first-order valence-corrected chi connectivity index (χ1v) is 5.78. The fourth-order valence-corrected chi connectivity index (χ4v) is 1.53. The third-order valence-electron chi connectivity index (χ3n) is 2.39. The van der Waals surface area contributed by atoms with Crippen LogP contribution in [0.3, 0.4) is 0 Å². The molecule has 0 atom stereocenters. The number of aryl methyl sites for hydroxylation is 2. The lowest BCUT2D eigenvalue weighted by molar-refractivity contribution is 0.0250. The van der Waals surface area contributed by atoms with Gasteiger partial charge < -0.3 is 20.3 Å². The van der Waals surface area contributed by atoms with Crippen molar-refractivity contribution < 1.29 is 19.4 Å². The molecule has 0 aliphatic heterocycles. The van der Waals surface area contributed by atoms with Gasteiger partial charge in [-0.1, -0.05) is 6.92 Å². The Morgan fingerprint density at radius 2 is 2.17 bits per heavy atom. The molecule has 0 spiro atoms. The van der Waals surface area contributed by atoms with Crippen molar-refractivity contribution in [3.63, 3.8) is 0 Å². The summed E-state index contributed by atoms with van der Waals surface area (Å²) in [4.78, 5) is 11.8. The number of nitrogen functional groups attached to an aromatic ring is 1. The lowest BCUT2D eigenvalue weighted by atomic mass is 10.2. The van der Waals surface area contributed by atoms with E-state index in [1.165, 1.54) is 4.68 Å². The summed E-state index contributed by atoms with van der Waals surface area (Å²) in [5.41, 5.74) is 7.12. The van der Waals surface area contributed by atoms with Crippen LogP contribution in [0.15, 0.2) is 0 Å². The zero-order chi connectivity index (χ0) is 13.5. The number of aromatic nitrogens is 2. The molecule has 0 saturated heterocycles. The van der Waals surface area contributed by atoms with E-state index in [4.69, 9.17) is 20.3 Å². The predicted molar refractivity (Wildman–Crippen MR) is 65.2 cm³/mol. The normalized spacial score (nSPS) is 10.6. The van der Waals surface area contributed by atoms with E-state index in [0.29, 0.717) is 17.8 Å². The Morgan fingerprint density at radius 3 is 2.72 bits per heavy atom. The molecule has 18 heavy (non-hydrogen) atoms. The van der Waals surface area contributed by atoms with Crippen LogP contribution in [0.1, 0.15) is 23.1 Å². The van der Waals surface area contributed by atoms with Gasteiger partial charge in [0, 0.05) is 7.05 Å². The maximum Gasteiger partial charge on any atom is 0.358 e. The Labute approximate surface area is 105 Å². The molecule has 7 heteroatoms. The van der Waals surface area contributed by atoms with Gasteiger partial charge in [0.25, 0.3) is 0 Å². The largest absolute Gasteiger partial charge is 0.458 e. The topological polar surface area (TPSA) is 99.6 Å². The van der Waals surface area contributed by atoms with E-state index in [-0.39, 0.29) is 32.1 Å². The minimum absolute atomic E-state index is 0.0531. The molecule has 1 heterocycles. The number of nitrogens with zero attached hydrogens (tertiary/aromatic N) is 2. The summed E-state index contributed by atoms with van der Waals surface area (Å²) in [7, 11) is 1.65. The van der Waals surface area contributed by atoms with Crippen LogP contribution in [0, 0.1) is 0 Å². The Kier molecular flexibility index (Phi) is 5.60. The quantitative estimate of drug-likeness (QED) is 0.515. The summed E-state index contributed by atoms with van der Waals surface area (Å²) in [6.45, 7) is 2.44. The molecule has 1 rings (SSSR count). The van der Waals surface area contributed by atoms with E-state index >= 15 is 0 Å². The van der Waals surface area contributed by atoms with Crippen LogP contribution in [-0.2, 0) is 22.9 Å². The molecule has 0 radical (unpaired) electrons. The molecule has 0 amide bonds. The van der Waals surface area contributed by atoms with Crippen LogP contribution in [-0.4, -0.2) is 47.3 Å². The SMILES string of the molecule is CCc1nn(C)c(C(=O)OCCOCCO)c1N. The van der Waals surface area contributed by atoms with Gasteiger partial charge in [0.1, 0.15) is 6.61 Å². The van der Waals surface area contributed by atoms with Gasteiger partial charge in [0.05, 0.1) is 31.2 Å². The van der Waals surface area contributed by atoms with Gasteiger partial charge in [-0.15, -0.1) is 0 Å². The second kappa shape index (κ2) is 6.97. The Bertz CT molecular complexity index is 403. The Balaban J connectivity index is 2.54. The van der Waals surface area contributed by atoms with Gasteiger partial charge in [-0.05, 0) is 6.42 Å². The van der Waals surface area contributed by atoms with Crippen molar-refractivity contribution in [2.24, 2.45) is 7.05 Å². The fraction of sp³-hybridized carbons (Fsp3) is 0.636. The number of aliphatic hydroxyl groups excluding tert-OH is 1. The highest BCUT2D eigenvalue weighted by Gasteiger charge is 2.20. The first kappa shape index (κ1) is 14.5. The number of carbonyl (C=O) groups is 1. The van der Waals surface area contributed by atoms with Crippen molar-refractivity contribution in [1.82, 2.24) is 9.78 Å². The van der Waals surface area contributed by atoms with Gasteiger partial charge in [0.15, 0.2) is 5.69 Å². The lowest BCUT2D eigenvalue weighted by Crippen LogP contribution is -2.16. The number of aliphatic hydroxyl groups is 1. The van der Waals surface area contributed by atoms with E-state index in [1.807, 2.05) is 6.92 Å². The summed E-state index contributed by atoms with van der Waals surface area (Å²) in [5, 5.41) is 12.6. The molecule has 0 aliphatic carbocycles. The molecule has 0 aliphatic rings. The van der Waals surface area contributed by atoms with Gasteiger partial charge in [-0.25, -0.2) is 4.79 Å². The highest BCUT2D eigenvalue weighted by atomic mass is 16.6. The van der Waals surface area contributed by atoms with Gasteiger partial charge in [0.2, 0.25) is 0 Å². The molecule has 0 aromatic carbocycles. The van der Waals surface area contributed by atoms with Crippen molar-refractivity contribution in [3.05, 3.63) is 11.4 Å². The van der Waals surface area contributed by atoms with E-state index in [1.54, 1.807) is 7.05 Å². The second-order valence-corrected chi connectivity index (χ2v) is 3.66. The zero-order valence-electron chi connectivity index (χ0n) is 10.7. The number of esters is 1. The first-order chi connectivity index (χ1) is 8.61. The first-order valence-electron chi connectivity index (χ1n) is 5.78. The third kappa shape index (κ3) is 3.44. The van der Waals surface area contributed by atoms with Crippen LogP contribution in [0.2, 0.25) is 0 Å². The summed E-state index contributed by atoms with van der Waals surface area (Å²) >= 11 is 0. The number of hydrogen-bond acceptors (Lipinski definition) is 6. The summed E-state index contributed by atoms with van der Waals surface area (Å²) in [6.07, 6.45) is 0.659. The maximum atomic E-state index is 11.8. The smallest absolute Gasteiger partial charge is 0.358 e. The van der Waals surface area contributed by atoms with Gasteiger partial charge in [-0.3, -0.25) is 4.68 Å². The average molecular weight is 257 g/mol. The third-order valence-corrected chi connectivity index (χ3v) is 2.39. The molecule has 0 saturated carbocycles. The van der Waals surface area contributed by atoms with Crippen LogP contribution in [0.4, 0.5) is 5.69 Å². The number of carbonyl (C=O) groups excluding carboxylic acids is 1. The van der Waals surface area contributed by atoms with E-state index in [9.17, 15) is 4.79 Å². The van der Waals surface area contributed by atoms with Crippen LogP contribution < -0.4 is 5.73 Å². The molecule has 102 valence electrons. The van der Waals surface area contributed by atoms with Crippen LogP contribution in [0.5, 0.6) is 0 Å². The number of hydrogen-bond donors (Lipinski definition) is 2. The van der Waals surface area contributed by atoms with Crippen molar-refractivity contribution in [2.45, 2.75) is 13.3 Å². The molecule has 0 bridgehead atoms. The number of anilines is 1. The lowest BCUT2D eigenvalue weighted by Gasteiger charge is -2.06. The molecular formula is C11H19N3O4. The van der Waals surface area contributed by atoms with Crippen molar-refractivity contribution in [2.75, 3.05) is 32.2 Å². The second-order valence-electron chi connectivity index (χ2n) is 3.66. The summed E-state index contributed by atoms with van der Waals surface area (Å²) < 4.78 is 11.4. The average Bonchev–Trinajstić information content (AvgIpc) is 2.63. The van der Waals surface area contributed by atoms with Gasteiger partial charge in [-0.2, -0.15) is 5.10 Å². The molecule has 3 N–H and O–H groups in total. The minimum atomic E-state index is -0.519. The van der Waals surface area contributed by atoms with Gasteiger partial charge >= 0.3 is 5.97 Å². The molecule has 1 aromatic heterocycles. The molecular weight excluding hydrogens is 238 g/mol. The van der Waals surface area contributed by atoms with Crippen molar-refractivity contribution >= 4 is 11.7 Å². The van der Waals surface area contributed by atoms with E-state index < -0.39 is 5.97 Å². The van der Waals surface area contributed by atoms with Crippen molar-refractivity contribution in [1.29, 1.82) is 0 Å². The number of ether oxygens (including phenoxy) is 2. The highest BCUT2D eigenvalue weighted by Crippen LogP contribution is 2.17. The summed E-state index contributed by atoms with van der Waals surface area (Å²) in [6, 6.07) is 0. The zero-order valence-corrected chi connectivity index (χ0v) is 10.7. The molecule has 7 nitrogen and oxygen atoms in total. The molecule has 0 fully saturated rings. The monoisotopic (exact) mass is 257 g/mol. The molecule has 0 unspecified atom stereocenters. The van der Waals surface area contributed by atoms with Crippen LogP contribution in [0.25, 0.3) is 0 Å². The highest BCUT2D eigenvalue weighted by molar-refractivity contribution is 5.93. The molecule has 1 aromatic rings. The fourth-order valence-electron chi connectivity index (χ4n) is 1.53.